The molecule has 14 heavy (non-hydrogen) atoms. The van der Waals surface area contributed by atoms with E-state index in [1.54, 1.807) is 18.2 Å². The third-order valence-electron chi connectivity index (χ3n) is 1.35. The summed E-state index contributed by atoms with van der Waals surface area (Å²) in [5, 5.41) is 15.7. The van der Waals surface area contributed by atoms with Crippen LogP contribution in [0.15, 0.2) is 40.7 Å². The fourth-order valence-electron chi connectivity index (χ4n) is 0.723. The van der Waals surface area contributed by atoms with Crippen molar-refractivity contribution in [3.63, 3.8) is 0 Å². The molecule has 1 rings (SSSR count). The average Bonchev–Trinajstić information content (AvgIpc) is 2.26. The lowest BCUT2D eigenvalue weighted by Crippen LogP contribution is -2.16. The van der Waals surface area contributed by atoms with Crippen LogP contribution in [0.3, 0.4) is 0 Å². The second-order valence-electron chi connectivity index (χ2n) is 2.33. The van der Waals surface area contributed by atoms with Crippen LogP contribution in [0.1, 0.15) is 0 Å². The Labute approximate surface area is 81.5 Å². The van der Waals surface area contributed by atoms with Crippen molar-refractivity contribution in [3.8, 4) is 6.07 Å². The van der Waals surface area contributed by atoms with Crippen molar-refractivity contribution in [3.05, 3.63) is 41.7 Å². The predicted octanol–water partition coefficient (Wildman–Crippen LogP) is 2.04. The van der Waals surface area contributed by atoms with Crippen LogP contribution in [0, 0.1) is 17.9 Å². The maximum atomic E-state index is 8.40. The Morgan fingerprint density at radius 2 is 2.14 bits per heavy atom. The van der Waals surface area contributed by atoms with Crippen molar-refractivity contribution in [2.45, 2.75) is 6.17 Å². The third-order valence-corrected chi connectivity index (χ3v) is 1.35. The average molecular weight is 185 g/mol. The zero-order chi connectivity index (χ0) is 10.2. The SMILES string of the molecule is [C-]#[N+]C(C#N)NN=Nc1ccccc1. The molecule has 0 spiro atoms. The Bertz CT molecular complexity index is 370. The van der Waals surface area contributed by atoms with Gasteiger partial charge >= 0.3 is 6.17 Å². The lowest BCUT2D eigenvalue weighted by Gasteiger charge is -1.92. The molecule has 0 fully saturated rings. The largest absolute Gasteiger partial charge is 0.398 e. The molecule has 0 bridgehead atoms. The Morgan fingerprint density at radius 3 is 2.71 bits per heavy atom. The van der Waals surface area contributed by atoms with Crippen LogP contribution in [0.25, 0.3) is 4.85 Å². The second-order valence-corrected chi connectivity index (χ2v) is 2.33. The number of hydrogen-bond donors (Lipinski definition) is 1. The molecule has 0 saturated carbocycles. The van der Waals surface area contributed by atoms with Gasteiger partial charge in [0.2, 0.25) is 0 Å². The summed E-state index contributed by atoms with van der Waals surface area (Å²) < 4.78 is 0. The molecule has 1 unspecified atom stereocenters. The fraction of sp³-hybridized carbons (Fsp3) is 0.111. The van der Waals surface area contributed by atoms with Crippen LogP contribution in [0.5, 0.6) is 0 Å². The molecular weight excluding hydrogens is 178 g/mol. The molecule has 1 aromatic carbocycles. The quantitative estimate of drug-likeness (QED) is 0.445. The van der Waals surface area contributed by atoms with E-state index in [-0.39, 0.29) is 0 Å². The molecule has 0 aromatic heterocycles. The molecule has 0 aliphatic carbocycles. The fourth-order valence-corrected chi connectivity index (χ4v) is 0.723. The van der Waals surface area contributed by atoms with Crippen LogP contribution >= 0.6 is 0 Å². The minimum atomic E-state index is -0.970. The molecule has 1 aromatic rings. The summed E-state index contributed by atoms with van der Waals surface area (Å²) >= 11 is 0. The molecule has 1 N–H and O–H groups in total. The first kappa shape index (κ1) is 9.69. The van der Waals surface area contributed by atoms with Gasteiger partial charge in [-0.1, -0.05) is 23.4 Å². The summed E-state index contributed by atoms with van der Waals surface area (Å²) in [6.45, 7) is 6.58. The van der Waals surface area contributed by atoms with E-state index in [0.717, 1.165) is 0 Å². The van der Waals surface area contributed by atoms with Crippen molar-refractivity contribution in [2.75, 3.05) is 0 Å². The zero-order valence-electron chi connectivity index (χ0n) is 7.25. The lowest BCUT2D eigenvalue weighted by molar-refractivity contribution is 0.686. The highest BCUT2D eigenvalue weighted by atomic mass is 15.4. The first-order valence-corrected chi connectivity index (χ1v) is 3.84. The summed E-state index contributed by atoms with van der Waals surface area (Å²) in [5.74, 6) is 0. The van der Waals surface area contributed by atoms with E-state index in [9.17, 15) is 0 Å². The standard InChI is InChI=1S/C9H7N5/c1-11-9(7-10)13-14-12-8-5-3-2-4-6-8/h2-6,9H,(H,12,13). The number of nitriles is 1. The summed E-state index contributed by atoms with van der Waals surface area (Å²) in [4.78, 5) is 2.96. The van der Waals surface area contributed by atoms with E-state index in [2.05, 4.69) is 20.6 Å². The van der Waals surface area contributed by atoms with Gasteiger partial charge in [-0.2, -0.15) is 5.26 Å². The minimum Gasteiger partial charge on any atom is -0.273 e. The molecule has 0 amide bonds. The van der Waals surface area contributed by atoms with Gasteiger partial charge in [0.15, 0.2) is 6.07 Å². The van der Waals surface area contributed by atoms with Gasteiger partial charge < -0.3 is 0 Å². The molecular formula is C9H7N5. The predicted molar refractivity (Wildman–Crippen MR) is 50.1 cm³/mol. The Balaban J connectivity index is 2.51. The van der Waals surface area contributed by atoms with Gasteiger partial charge in [-0.3, -0.25) is 4.85 Å². The highest BCUT2D eigenvalue weighted by molar-refractivity contribution is 5.34. The maximum absolute atomic E-state index is 8.40. The summed E-state index contributed by atoms with van der Waals surface area (Å²) in [6, 6.07) is 10.8. The number of rotatable bonds is 3. The summed E-state index contributed by atoms with van der Waals surface area (Å²) in [5.41, 5.74) is 2.98. The van der Waals surface area contributed by atoms with Crippen molar-refractivity contribution < 1.29 is 0 Å². The third kappa shape index (κ3) is 2.92. The Hall–Kier alpha value is -2.40. The lowest BCUT2D eigenvalue weighted by atomic mass is 10.3. The molecule has 0 aliphatic rings. The van der Waals surface area contributed by atoms with Gasteiger partial charge in [0.05, 0.1) is 5.69 Å². The Kier molecular flexibility index (Phi) is 3.65. The van der Waals surface area contributed by atoms with E-state index in [0.29, 0.717) is 5.69 Å². The first-order valence-electron chi connectivity index (χ1n) is 3.84. The molecule has 0 aliphatic heterocycles. The number of nitrogens with zero attached hydrogens (tertiary/aromatic N) is 4. The maximum Gasteiger partial charge on any atom is 0.398 e. The second kappa shape index (κ2) is 5.28. The van der Waals surface area contributed by atoms with E-state index in [1.165, 1.54) is 0 Å². The highest BCUT2D eigenvalue weighted by Gasteiger charge is 2.05. The molecule has 0 heterocycles. The molecule has 1 atom stereocenters. The number of nitrogens with one attached hydrogen (secondary N) is 1. The van der Waals surface area contributed by atoms with Gasteiger partial charge in [0.1, 0.15) is 0 Å². The monoisotopic (exact) mass is 185 g/mol. The van der Waals surface area contributed by atoms with Gasteiger partial charge in [0, 0.05) is 0 Å². The molecule has 68 valence electrons. The van der Waals surface area contributed by atoms with Crippen LogP contribution in [-0.2, 0) is 0 Å². The molecule has 5 heteroatoms. The topological polar surface area (TPSA) is 64.9 Å². The van der Waals surface area contributed by atoms with Crippen molar-refractivity contribution in [1.82, 2.24) is 5.43 Å². The minimum absolute atomic E-state index is 0.668. The molecule has 0 radical (unpaired) electrons. The van der Waals surface area contributed by atoms with E-state index in [1.807, 2.05) is 18.2 Å². The number of hydrogen-bond acceptors (Lipinski definition) is 3. The summed E-state index contributed by atoms with van der Waals surface area (Å²) in [7, 11) is 0. The van der Waals surface area contributed by atoms with Crippen LogP contribution in [-0.4, -0.2) is 6.17 Å². The van der Waals surface area contributed by atoms with Crippen molar-refractivity contribution in [2.24, 2.45) is 10.3 Å². The number of benzene rings is 1. The van der Waals surface area contributed by atoms with E-state index >= 15 is 0 Å². The van der Waals surface area contributed by atoms with Gasteiger partial charge in [-0.25, -0.2) is 12.0 Å². The van der Waals surface area contributed by atoms with Gasteiger partial charge in [-0.15, -0.1) is 5.11 Å². The van der Waals surface area contributed by atoms with Crippen LogP contribution in [0.2, 0.25) is 0 Å². The molecule has 0 saturated heterocycles. The van der Waals surface area contributed by atoms with Crippen LogP contribution < -0.4 is 5.43 Å². The van der Waals surface area contributed by atoms with E-state index in [4.69, 9.17) is 11.8 Å². The highest BCUT2D eigenvalue weighted by Crippen LogP contribution is 2.09. The summed E-state index contributed by atoms with van der Waals surface area (Å²) in [6.07, 6.45) is -0.970. The zero-order valence-corrected chi connectivity index (χ0v) is 7.25. The Morgan fingerprint density at radius 1 is 1.43 bits per heavy atom. The smallest absolute Gasteiger partial charge is 0.273 e. The van der Waals surface area contributed by atoms with Crippen molar-refractivity contribution in [1.29, 1.82) is 5.26 Å². The first-order chi connectivity index (χ1) is 6.86. The van der Waals surface area contributed by atoms with Gasteiger partial charge in [-0.05, 0) is 12.1 Å². The normalized spacial score (nSPS) is 11.6. The van der Waals surface area contributed by atoms with Crippen LogP contribution in [0.4, 0.5) is 5.69 Å². The van der Waals surface area contributed by atoms with Crippen molar-refractivity contribution >= 4 is 5.69 Å². The van der Waals surface area contributed by atoms with E-state index < -0.39 is 6.17 Å². The molecule has 5 nitrogen and oxygen atoms in total. The van der Waals surface area contributed by atoms with Gasteiger partial charge in [0.25, 0.3) is 0 Å².